The Kier molecular flexibility index (Phi) is 4.65. The number of aliphatic hydroxyl groups excluding tert-OH is 1. The number of rotatable bonds is 5. The highest BCUT2D eigenvalue weighted by molar-refractivity contribution is 5.79. The van der Waals surface area contributed by atoms with Crippen LogP contribution in [0.5, 0.6) is 0 Å². The van der Waals surface area contributed by atoms with E-state index < -0.39 is 0 Å². The van der Waals surface area contributed by atoms with Gasteiger partial charge in [-0.15, -0.1) is 0 Å². The second-order valence-electron chi connectivity index (χ2n) is 3.05. The summed E-state index contributed by atoms with van der Waals surface area (Å²) < 4.78 is 0. The van der Waals surface area contributed by atoms with Gasteiger partial charge in [0.2, 0.25) is 0 Å². The van der Waals surface area contributed by atoms with E-state index in [4.69, 9.17) is 5.11 Å². The van der Waals surface area contributed by atoms with Gasteiger partial charge in [0.05, 0.1) is 0 Å². The molecule has 0 amide bonds. The maximum absolute atomic E-state index is 10.7. The summed E-state index contributed by atoms with van der Waals surface area (Å²) in [7, 11) is 0. The Hall–Kier alpha value is -1.41. The van der Waals surface area contributed by atoms with Gasteiger partial charge in [0.15, 0.2) is 5.78 Å². The highest BCUT2D eigenvalue weighted by Crippen LogP contribution is 2.02. The van der Waals surface area contributed by atoms with Crippen molar-refractivity contribution in [3.63, 3.8) is 0 Å². The zero-order valence-corrected chi connectivity index (χ0v) is 8.02. The molecule has 1 rings (SSSR count). The topological polar surface area (TPSA) is 37.3 Å². The van der Waals surface area contributed by atoms with Crippen LogP contribution in [0.4, 0.5) is 0 Å². The van der Waals surface area contributed by atoms with Crippen molar-refractivity contribution in [2.45, 2.75) is 12.8 Å². The van der Waals surface area contributed by atoms with Crippen molar-refractivity contribution in [2.24, 2.45) is 0 Å². The molecule has 0 aromatic heterocycles. The summed E-state index contributed by atoms with van der Waals surface area (Å²) in [4.78, 5) is 10.7. The van der Waals surface area contributed by atoms with Crippen molar-refractivity contribution in [3.05, 3.63) is 42.0 Å². The van der Waals surface area contributed by atoms with E-state index in [2.05, 4.69) is 0 Å². The molecule has 1 aromatic carbocycles. The number of carbonyl (C=O) groups excluding carboxylic acids is 1. The van der Waals surface area contributed by atoms with Crippen molar-refractivity contribution >= 4 is 11.9 Å². The summed E-state index contributed by atoms with van der Waals surface area (Å²) in [6.07, 6.45) is 5.03. The second kappa shape index (κ2) is 6.11. The fourth-order valence-electron chi connectivity index (χ4n) is 1.11. The number of hydrogen-bond acceptors (Lipinski definition) is 2. The van der Waals surface area contributed by atoms with Crippen LogP contribution in [0.1, 0.15) is 18.4 Å². The van der Waals surface area contributed by atoms with Gasteiger partial charge in [-0.1, -0.05) is 42.5 Å². The molecule has 0 aliphatic heterocycles. The van der Waals surface area contributed by atoms with Crippen molar-refractivity contribution < 1.29 is 9.90 Å². The lowest BCUT2D eigenvalue weighted by molar-refractivity contribution is -0.121. The van der Waals surface area contributed by atoms with E-state index in [1.54, 1.807) is 0 Å². The van der Waals surface area contributed by atoms with Gasteiger partial charge in [-0.3, -0.25) is 4.79 Å². The fourth-order valence-corrected chi connectivity index (χ4v) is 1.11. The van der Waals surface area contributed by atoms with Gasteiger partial charge < -0.3 is 5.11 Å². The van der Waals surface area contributed by atoms with Crippen molar-refractivity contribution in [1.82, 2.24) is 0 Å². The average molecular weight is 190 g/mol. The third-order valence-corrected chi connectivity index (χ3v) is 1.88. The number of allylic oxidation sites excluding steroid dienone is 1. The minimum Gasteiger partial charge on any atom is -0.389 e. The summed E-state index contributed by atoms with van der Waals surface area (Å²) in [6, 6.07) is 9.92. The number of Topliss-reactive ketones (excluding diaryl/α,β-unsaturated/α-hetero) is 1. The van der Waals surface area contributed by atoms with Crippen molar-refractivity contribution in [1.29, 1.82) is 0 Å². The lowest BCUT2D eigenvalue weighted by Crippen LogP contribution is -2.01. The molecule has 2 heteroatoms. The molecule has 0 aliphatic carbocycles. The summed E-state index contributed by atoms with van der Waals surface area (Å²) in [5.41, 5.74) is 1.13. The molecule has 0 heterocycles. The molecule has 0 saturated carbocycles. The van der Waals surface area contributed by atoms with Gasteiger partial charge in [0, 0.05) is 6.42 Å². The Bertz CT molecular complexity index is 301. The van der Waals surface area contributed by atoms with Crippen molar-refractivity contribution in [3.8, 4) is 0 Å². The molecule has 74 valence electrons. The molecule has 0 bridgehead atoms. The number of benzene rings is 1. The minimum atomic E-state index is -0.348. The predicted octanol–water partition coefficient (Wildman–Crippen LogP) is 2.04. The van der Waals surface area contributed by atoms with Gasteiger partial charge in [-0.25, -0.2) is 0 Å². The van der Waals surface area contributed by atoms with E-state index >= 15 is 0 Å². The molecule has 0 unspecified atom stereocenters. The van der Waals surface area contributed by atoms with E-state index in [9.17, 15) is 4.79 Å². The maximum atomic E-state index is 10.7. The fraction of sp³-hybridized carbons (Fsp3) is 0.250. The highest BCUT2D eigenvalue weighted by atomic mass is 16.3. The van der Waals surface area contributed by atoms with Crippen LogP contribution in [0.15, 0.2) is 36.4 Å². The molecular weight excluding hydrogens is 176 g/mol. The van der Waals surface area contributed by atoms with Gasteiger partial charge >= 0.3 is 0 Å². The third-order valence-electron chi connectivity index (χ3n) is 1.88. The van der Waals surface area contributed by atoms with Gasteiger partial charge in [-0.2, -0.15) is 0 Å². The Morgan fingerprint density at radius 3 is 2.64 bits per heavy atom. The van der Waals surface area contributed by atoms with E-state index in [0.29, 0.717) is 12.8 Å². The van der Waals surface area contributed by atoms with Crippen LogP contribution in [-0.4, -0.2) is 17.5 Å². The molecular formula is C12H14O2. The molecule has 1 N–H and O–H groups in total. The molecule has 14 heavy (non-hydrogen) atoms. The van der Waals surface area contributed by atoms with Gasteiger partial charge in [-0.05, 0) is 12.0 Å². The maximum Gasteiger partial charge on any atom is 0.158 e. The van der Waals surface area contributed by atoms with Gasteiger partial charge in [0.25, 0.3) is 0 Å². The van der Waals surface area contributed by atoms with E-state index in [1.807, 2.05) is 42.5 Å². The zero-order valence-electron chi connectivity index (χ0n) is 8.02. The molecule has 0 radical (unpaired) electrons. The Labute approximate surface area is 83.9 Å². The molecule has 2 nitrogen and oxygen atoms in total. The second-order valence-corrected chi connectivity index (χ2v) is 3.05. The summed E-state index contributed by atoms with van der Waals surface area (Å²) in [6.45, 7) is -0.348. The molecule has 0 saturated heterocycles. The summed E-state index contributed by atoms with van der Waals surface area (Å²) >= 11 is 0. The lowest BCUT2D eigenvalue weighted by atomic mass is 10.1. The quantitative estimate of drug-likeness (QED) is 0.771. The third kappa shape index (κ3) is 4.01. The average Bonchev–Trinajstić information content (AvgIpc) is 2.25. The summed E-state index contributed by atoms with van der Waals surface area (Å²) in [5.74, 6) is -0.109. The first-order chi connectivity index (χ1) is 6.83. The first-order valence-electron chi connectivity index (χ1n) is 4.67. The molecule has 1 aromatic rings. The first-order valence-corrected chi connectivity index (χ1v) is 4.67. The Morgan fingerprint density at radius 1 is 1.29 bits per heavy atom. The van der Waals surface area contributed by atoms with Crippen molar-refractivity contribution in [2.75, 3.05) is 6.61 Å². The Morgan fingerprint density at radius 2 is 2.00 bits per heavy atom. The Balaban J connectivity index is 2.31. The van der Waals surface area contributed by atoms with E-state index in [1.165, 1.54) is 0 Å². The van der Waals surface area contributed by atoms with Crippen LogP contribution in [0.3, 0.4) is 0 Å². The van der Waals surface area contributed by atoms with Crippen LogP contribution < -0.4 is 0 Å². The first kappa shape index (κ1) is 10.7. The van der Waals surface area contributed by atoms with E-state index in [-0.39, 0.29) is 12.4 Å². The molecule has 0 aliphatic rings. The highest BCUT2D eigenvalue weighted by Gasteiger charge is 1.95. The molecule has 0 spiro atoms. The lowest BCUT2D eigenvalue weighted by Gasteiger charge is -1.92. The molecule has 0 atom stereocenters. The van der Waals surface area contributed by atoms with Gasteiger partial charge in [0.1, 0.15) is 6.61 Å². The number of ketones is 1. The van der Waals surface area contributed by atoms with Crippen LogP contribution in [-0.2, 0) is 4.79 Å². The number of hydrogen-bond donors (Lipinski definition) is 1. The van der Waals surface area contributed by atoms with Crippen LogP contribution in [0.25, 0.3) is 6.08 Å². The largest absolute Gasteiger partial charge is 0.389 e. The normalized spacial score (nSPS) is 10.6. The number of aliphatic hydroxyl groups is 1. The standard InChI is InChI=1S/C12H14O2/c13-10-12(14)9-5-4-8-11-6-2-1-3-7-11/h1-4,6-8,13H,5,9-10H2/b8-4+. The van der Waals surface area contributed by atoms with Crippen LogP contribution in [0.2, 0.25) is 0 Å². The van der Waals surface area contributed by atoms with E-state index in [0.717, 1.165) is 5.56 Å². The van der Waals surface area contributed by atoms with Crippen LogP contribution >= 0.6 is 0 Å². The SMILES string of the molecule is O=C(CO)CC/C=C/c1ccccc1. The minimum absolute atomic E-state index is 0.109. The number of carbonyl (C=O) groups is 1. The zero-order chi connectivity index (χ0) is 10.2. The smallest absolute Gasteiger partial charge is 0.158 e. The predicted molar refractivity (Wildman–Crippen MR) is 56.8 cm³/mol. The molecule has 0 fully saturated rings. The summed E-state index contributed by atoms with van der Waals surface area (Å²) in [5, 5.41) is 8.48. The monoisotopic (exact) mass is 190 g/mol. The van der Waals surface area contributed by atoms with Crippen LogP contribution in [0, 0.1) is 0 Å².